The van der Waals surface area contributed by atoms with E-state index in [9.17, 15) is 14.4 Å². The van der Waals surface area contributed by atoms with Crippen molar-refractivity contribution in [2.24, 2.45) is 0 Å². The first-order valence-electron chi connectivity index (χ1n) is 7.87. The molecule has 6 nitrogen and oxygen atoms in total. The maximum absolute atomic E-state index is 12.9. The number of hydrogen-bond acceptors (Lipinski definition) is 3. The van der Waals surface area contributed by atoms with Crippen molar-refractivity contribution in [3.05, 3.63) is 63.6 Å². The van der Waals surface area contributed by atoms with Gasteiger partial charge in [-0.2, -0.15) is 0 Å². The van der Waals surface area contributed by atoms with Crippen LogP contribution in [-0.2, 0) is 14.4 Å². The summed E-state index contributed by atoms with van der Waals surface area (Å²) in [4.78, 5) is 37.8. The van der Waals surface area contributed by atoms with Crippen LogP contribution in [0.25, 0.3) is 6.08 Å². The minimum atomic E-state index is -1.13. The zero-order chi connectivity index (χ0) is 19.7. The maximum Gasteiger partial charge on any atom is 0.328 e. The number of nitrogens with one attached hydrogen (secondary N) is 1. The molecule has 1 aliphatic rings. The Labute approximate surface area is 165 Å². The molecule has 0 saturated heterocycles. The second kappa shape index (κ2) is 7.42. The summed E-state index contributed by atoms with van der Waals surface area (Å²) in [6, 6.07) is 9.65. The lowest BCUT2D eigenvalue weighted by molar-refractivity contribution is -0.131. The summed E-state index contributed by atoms with van der Waals surface area (Å²) in [5.74, 6) is -3.22. The second-order valence-corrected chi connectivity index (χ2v) is 6.74. The lowest BCUT2D eigenvalue weighted by Gasteiger charge is -2.13. The summed E-state index contributed by atoms with van der Waals surface area (Å²) in [5.41, 5.74) is 1.81. The highest BCUT2D eigenvalue weighted by molar-refractivity contribution is 6.37. The van der Waals surface area contributed by atoms with Crippen molar-refractivity contribution in [1.29, 1.82) is 0 Å². The third-order valence-electron chi connectivity index (χ3n) is 4.20. The number of rotatable bonds is 4. The molecule has 138 valence electrons. The average Bonchev–Trinajstić information content (AvgIpc) is 2.87. The Bertz CT molecular complexity index is 988. The number of carboxylic acid groups (broad SMARTS) is 1. The van der Waals surface area contributed by atoms with Crippen LogP contribution in [0.5, 0.6) is 0 Å². The molecule has 0 bridgehead atoms. The Morgan fingerprint density at radius 2 is 1.96 bits per heavy atom. The molecule has 1 unspecified atom stereocenters. The molecule has 3 rings (SSSR count). The molecule has 2 aromatic carbocycles. The van der Waals surface area contributed by atoms with E-state index in [1.165, 1.54) is 17.0 Å². The van der Waals surface area contributed by atoms with Crippen molar-refractivity contribution < 1.29 is 19.5 Å². The van der Waals surface area contributed by atoms with Crippen LogP contribution in [0.3, 0.4) is 0 Å². The van der Waals surface area contributed by atoms with E-state index in [1.807, 2.05) is 0 Å². The quantitative estimate of drug-likeness (QED) is 0.599. The van der Waals surface area contributed by atoms with E-state index in [2.05, 4.69) is 5.32 Å². The van der Waals surface area contributed by atoms with Crippen LogP contribution >= 0.6 is 23.2 Å². The largest absolute Gasteiger partial charge is 0.478 e. The number of amides is 2. The topological polar surface area (TPSA) is 86.7 Å². The van der Waals surface area contributed by atoms with Crippen molar-refractivity contribution in [2.75, 3.05) is 17.3 Å². The molecule has 0 aromatic heterocycles. The summed E-state index contributed by atoms with van der Waals surface area (Å²) in [6.07, 6.45) is 2.33. The van der Waals surface area contributed by atoms with Crippen molar-refractivity contribution in [1.82, 2.24) is 0 Å². The van der Waals surface area contributed by atoms with E-state index in [0.29, 0.717) is 27.5 Å². The van der Waals surface area contributed by atoms with Gasteiger partial charge in [0.25, 0.3) is 0 Å². The first kappa shape index (κ1) is 18.9. The fourth-order valence-electron chi connectivity index (χ4n) is 2.96. The van der Waals surface area contributed by atoms with Gasteiger partial charge in [-0.25, -0.2) is 4.79 Å². The first-order chi connectivity index (χ1) is 12.8. The van der Waals surface area contributed by atoms with Gasteiger partial charge >= 0.3 is 5.97 Å². The summed E-state index contributed by atoms with van der Waals surface area (Å²) in [7, 11) is 1.56. The van der Waals surface area contributed by atoms with E-state index >= 15 is 0 Å². The monoisotopic (exact) mass is 404 g/mol. The van der Waals surface area contributed by atoms with Gasteiger partial charge in [-0.3, -0.25) is 9.59 Å². The Balaban J connectivity index is 2.01. The van der Waals surface area contributed by atoms with Crippen molar-refractivity contribution >= 4 is 58.4 Å². The highest BCUT2D eigenvalue weighted by atomic mass is 35.5. The molecule has 2 N–H and O–H groups in total. The molecule has 0 aliphatic carbocycles. The fraction of sp³-hybridized carbons (Fsp3) is 0.105. The summed E-state index contributed by atoms with van der Waals surface area (Å²) < 4.78 is 0. The second-order valence-electron chi connectivity index (χ2n) is 5.90. The zero-order valence-electron chi connectivity index (χ0n) is 14.1. The van der Waals surface area contributed by atoms with Gasteiger partial charge in [-0.15, -0.1) is 0 Å². The highest BCUT2D eigenvalue weighted by Gasteiger charge is 2.41. The Morgan fingerprint density at radius 3 is 2.63 bits per heavy atom. The van der Waals surface area contributed by atoms with Crippen molar-refractivity contribution in [3.63, 3.8) is 0 Å². The van der Waals surface area contributed by atoms with E-state index in [4.69, 9.17) is 28.3 Å². The van der Waals surface area contributed by atoms with Gasteiger partial charge in [0.15, 0.2) is 0 Å². The molecular weight excluding hydrogens is 391 g/mol. The standard InChI is InChI=1S/C19H14Cl2N2O4/c1-23-14-4-2-3-10(5-8-15(24)25)16(14)17(19(23)27)18(26)22-13-7-6-11(20)9-12(13)21/h2-9,17H,1H3,(H,22,26)(H,24,25)/b8-5+. The molecule has 0 radical (unpaired) electrons. The lowest BCUT2D eigenvalue weighted by Crippen LogP contribution is -2.31. The van der Waals surface area contributed by atoms with E-state index < -0.39 is 23.7 Å². The van der Waals surface area contributed by atoms with Gasteiger partial charge in [0.1, 0.15) is 5.92 Å². The molecule has 0 fully saturated rings. The maximum atomic E-state index is 12.9. The SMILES string of the molecule is CN1C(=O)C(C(=O)Nc2ccc(Cl)cc2Cl)c2c(/C=C/C(=O)O)cccc21. The number of likely N-dealkylation sites (N-methyl/N-ethyl adjacent to an activating group) is 1. The number of hydrogen-bond donors (Lipinski definition) is 2. The Kier molecular flexibility index (Phi) is 5.21. The molecular formula is C19H14Cl2N2O4. The zero-order valence-corrected chi connectivity index (χ0v) is 15.6. The minimum absolute atomic E-state index is 0.244. The highest BCUT2D eigenvalue weighted by Crippen LogP contribution is 2.40. The third kappa shape index (κ3) is 3.67. The molecule has 1 atom stereocenters. The van der Waals surface area contributed by atoms with E-state index in [1.54, 1.807) is 37.4 Å². The number of carboxylic acids is 1. The van der Waals surface area contributed by atoms with Gasteiger partial charge in [0.2, 0.25) is 11.8 Å². The van der Waals surface area contributed by atoms with Gasteiger partial charge in [0, 0.05) is 29.4 Å². The number of fused-ring (bicyclic) bond motifs is 1. The van der Waals surface area contributed by atoms with Gasteiger partial charge in [-0.05, 0) is 35.9 Å². The lowest BCUT2D eigenvalue weighted by atomic mass is 9.94. The number of halogens is 2. The molecule has 27 heavy (non-hydrogen) atoms. The van der Waals surface area contributed by atoms with E-state index in [0.717, 1.165) is 6.08 Å². The van der Waals surface area contributed by atoms with Crippen LogP contribution in [0.15, 0.2) is 42.5 Å². The van der Waals surface area contributed by atoms with Crippen LogP contribution < -0.4 is 10.2 Å². The normalized spacial score (nSPS) is 15.9. The third-order valence-corrected chi connectivity index (χ3v) is 4.75. The summed E-state index contributed by atoms with van der Waals surface area (Å²) >= 11 is 11.9. The molecule has 2 aromatic rings. The molecule has 0 saturated carbocycles. The predicted octanol–water partition coefficient (Wildman–Crippen LogP) is 3.79. The van der Waals surface area contributed by atoms with Gasteiger partial charge in [0.05, 0.1) is 10.7 Å². The smallest absolute Gasteiger partial charge is 0.328 e. The van der Waals surface area contributed by atoms with E-state index in [-0.39, 0.29) is 5.02 Å². The molecule has 0 spiro atoms. The van der Waals surface area contributed by atoms with Crippen LogP contribution in [0, 0.1) is 0 Å². The summed E-state index contributed by atoms with van der Waals surface area (Å²) in [5, 5.41) is 12.2. The number of carbonyl (C=O) groups is 3. The first-order valence-corrected chi connectivity index (χ1v) is 8.62. The fourth-order valence-corrected chi connectivity index (χ4v) is 3.41. The number of nitrogens with zero attached hydrogens (tertiary/aromatic N) is 1. The van der Waals surface area contributed by atoms with Crippen LogP contribution in [0.4, 0.5) is 11.4 Å². The summed E-state index contributed by atoms with van der Waals surface area (Å²) in [6.45, 7) is 0. The number of benzene rings is 2. The van der Waals surface area contributed by atoms with Crippen molar-refractivity contribution in [2.45, 2.75) is 5.92 Å². The van der Waals surface area contributed by atoms with Crippen molar-refractivity contribution in [3.8, 4) is 0 Å². The Hall–Kier alpha value is -2.83. The van der Waals surface area contributed by atoms with Crippen LogP contribution in [0.1, 0.15) is 17.0 Å². The molecule has 1 aliphatic heterocycles. The van der Waals surface area contributed by atoms with Gasteiger partial charge in [-0.1, -0.05) is 35.3 Å². The van der Waals surface area contributed by atoms with Crippen LogP contribution in [0.2, 0.25) is 10.0 Å². The molecule has 2 amide bonds. The van der Waals surface area contributed by atoms with Crippen LogP contribution in [-0.4, -0.2) is 29.9 Å². The Morgan fingerprint density at radius 1 is 1.22 bits per heavy atom. The average molecular weight is 405 g/mol. The van der Waals surface area contributed by atoms with Gasteiger partial charge < -0.3 is 15.3 Å². The number of anilines is 2. The molecule has 8 heteroatoms. The minimum Gasteiger partial charge on any atom is -0.478 e. The number of carbonyl (C=O) groups excluding carboxylic acids is 2. The predicted molar refractivity (Wildman–Crippen MR) is 104 cm³/mol. The number of aliphatic carboxylic acids is 1. The molecule has 1 heterocycles.